The number of carbonyl (C=O) groups excluding carboxylic acids is 1. The van der Waals surface area contributed by atoms with Gasteiger partial charge in [-0.05, 0) is 54.5 Å². The van der Waals surface area contributed by atoms with Crippen molar-refractivity contribution in [3.05, 3.63) is 118 Å². The molecule has 1 fully saturated rings. The molecule has 3 aromatic carbocycles. The Morgan fingerprint density at radius 1 is 0.865 bits per heavy atom. The van der Waals surface area contributed by atoms with Crippen LogP contribution in [-0.2, 0) is 4.79 Å². The van der Waals surface area contributed by atoms with Crippen molar-refractivity contribution in [1.82, 2.24) is 4.90 Å². The van der Waals surface area contributed by atoms with Crippen molar-refractivity contribution in [2.75, 3.05) is 5.32 Å². The number of thioether (sulfide) groups is 1. The van der Waals surface area contributed by atoms with Crippen LogP contribution in [0.3, 0.4) is 0 Å². The highest BCUT2D eigenvalue weighted by molar-refractivity contribution is 8.16. The first-order valence-corrected chi connectivity index (χ1v) is 14.0. The predicted octanol–water partition coefficient (Wildman–Crippen LogP) is 8.11. The largest absolute Gasteiger partial charge is 0.322 e. The van der Waals surface area contributed by atoms with E-state index in [0.717, 1.165) is 33.4 Å². The molecule has 1 N–H and O–H groups in total. The van der Waals surface area contributed by atoms with Crippen LogP contribution in [0.25, 0.3) is 5.70 Å². The van der Waals surface area contributed by atoms with Gasteiger partial charge in [-0.15, -0.1) is 0 Å². The first kappa shape index (κ1) is 23.8. The lowest BCUT2D eigenvalue weighted by atomic mass is 9.84. The van der Waals surface area contributed by atoms with Crippen molar-refractivity contribution in [3.8, 4) is 0 Å². The monoisotopic (exact) mass is 505 g/mol. The van der Waals surface area contributed by atoms with E-state index in [-0.39, 0.29) is 11.9 Å². The number of hydrogen-bond acceptors (Lipinski definition) is 4. The molecule has 0 radical (unpaired) electrons. The minimum atomic E-state index is -0.267. The molecule has 2 heterocycles. The van der Waals surface area contributed by atoms with E-state index in [4.69, 9.17) is 4.99 Å². The molecule has 0 saturated heterocycles. The highest BCUT2D eigenvalue weighted by atomic mass is 32.2. The van der Waals surface area contributed by atoms with Gasteiger partial charge in [0.1, 0.15) is 0 Å². The molecule has 2 aliphatic heterocycles. The van der Waals surface area contributed by atoms with Crippen molar-refractivity contribution in [1.29, 1.82) is 0 Å². The molecule has 37 heavy (non-hydrogen) atoms. The maximum atomic E-state index is 13.7. The number of nitrogens with zero attached hydrogens (tertiary/aromatic N) is 2. The number of anilines is 1. The number of hydrogen-bond donors (Lipinski definition) is 1. The third-order valence-electron chi connectivity index (χ3n) is 7.60. The number of aliphatic imine (C=N–C) groups is 1. The molecule has 4 nitrogen and oxygen atoms in total. The van der Waals surface area contributed by atoms with Crippen molar-refractivity contribution in [3.63, 3.8) is 0 Å². The van der Waals surface area contributed by atoms with Crippen LogP contribution in [0.15, 0.2) is 107 Å². The average molecular weight is 506 g/mol. The SMILES string of the molecule is CC1=C(C(=O)Nc2ccccc2)[C@H](c2ccccc2)N2C(c3ccc(C4CCCCC4)cc3)=CSC2=N1. The zero-order valence-electron chi connectivity index (χ0n) is 21.1. The van der Waals surface area contributed by atoms with E-state index in [2.05, 4.69) is 52.0 Å². The summed E-state index contributed by atoms with van der Waals surface area (Å²) in [5, 5.41) is 6.19. The molecule has 0 aromatic heterocycles. The summed E-state index contributed by atoms with van der Waals surface area (Å²) in [6.07, 6.45) is 6.62. The molecule has 5 heteroatoms. The second kappa shape index (κ2) is 10.4. The standard InChI is InChI=1S/C32H31N3OS/c1-22-29(31(36)34-27-15-9-4-10-16-27)30(26-13-7-3-8-14-26)35-28(21-37-32(35)33-22)25-19-17-24(18-20-25)23-11-5-2-6-12-23/h3-4,7-10,13-21,23,30H,2,5-6,11-12H2,1H3,(H,34,36)/t30-/m0/s1. The Morgan fingerprint density at radius 3 is 2.24 bits per heavy atom. The molecule has 0 bridgehead atoms. The van der Waals surface area contributed by atoms with Gasteiger partial charge in [0.2, 0.25) is 0 Å². The Balaban J connectivity index is 1.36. The van der Waals surface area contributed by atoms with Gasteiger partial charge in [0.05, 0.1) is 23.0 Å². The highest BCUT2D eigenvalue weighted by Crippen LogP contribution is 2.47. The van der Waals surface area contributed by atoms with Gasteiger partial charge in [-0.25, -0.2) is 4.99 Å². The molecule has 0 unspecified atom stereocenters. The smallest absolute Gasteiger partial charge is 0.255 e. The van der Waals surface area contributed by atoms with Crippen LogP contribution in [0.4, 0.5) is 5.69 Å². The summed E-state index contributed by atoms with van der Waals surface area (Å²) in [6.45, 7) is 1.94. The fourth-order valence-corrected chi connectivity index (χ4v) is 6.69. The van der Waals surface area contributed by atoms with E-state index in [9.17, 15) is 4.79 Å². The van der Waals surface area contributed by atoms with Crippen LogP contribution < -0.4 is 5.32 Å². The van der Waals surface area contributed by atoms with Crippen LogP contribution in [0.5, 0.6) is 0 Å². The summed E-state index contributed by atoms with van der Waals surface area (Å²) in [7, 11) is 0. The number of allylic oxidation sites excluding steroid dienone is 1. The van der Waals surface area contributed by atoms with E-state index in [0.29, 0.717) is 11.5 Å². The lowest BCUT2D eigenvalue weighted by Crippen LogP contribution is -2.37. The molecule has 1 aliphatic carbocycles. The van der Waals surface area contributed by atoms with Crippen molar-refractivity contribution in [2.45, 2.75) is 51.0 Å². The number of para-hydroxylation sites is 1. The minimum absolute atomic E-state index is 0.121. The summed E-state index contributed by atoms with van der Waals surface area (Å²) >= 11 is 1.63. The van der Waals surface area contributed by atoms with Gasteiger partial charge >= 0.3 is 0 Å². The normalized spacial score (nSPS) is 19.8. The minimum Gasteiger partial charge on any atom is -0.322 e. The average Bonchev–Trinajstić information content (AvgIpc) is 3.37. The van der Waals surface area contributed by atoms with Crippen LogP contribution in [-0.4, -0.2) is 16.0 Å². The molecule has 1 saturated carbocycles. The second-order valence-electron chi connectivity index (χ2n) is 9.97. The number of rotatable bonds is 5. The quantitative estimate of drug-likeness (QED) is 0.381. The van der Waals surface area contributed by atoms with Crippen LogP contribution in [0.1, 0.15) is 67.7 Å². The molecular weight excluding hydrogens is 474 g/mol. The number of amidine groups is 1. The topological polar surface area (TPSA) is 44.7 Å². The Bertz CT molecular complexity index is 1370. The summed E-state index contributed by atoms with van der Waals surface area (Å²) in [4.78, 5) is 20.9. The highest BCUT2D eigenvalue weighted by Gasteiger charge is 2.40. The van der Waals surface area contributed by atoms with E-state index in [1.807, 2.05) is 55.5 Å². The van der Waals surface area contributed by atoms with E-state index in [1.54, 1.807) is 11.8 Å². The van der Waals surface area contributed by atoms with Gasteiger partial charge < -0.3 is 10.2 Å². The summed E-state index contributed by atoms with van der Waals surface area (Å²) in [6, 6.07) is 28.7. The third-order valence-corrected chi connectivity index (χ3v) is 8.44. The lowest BCUT2D eigenvalue weighted by molar-refractivity contribution is -0.113. The van der Waals surface area contributed by atoms with Crippen molar-refractivity contribution < 1.29 is 4.79 Å². The fourth-order valence-electron chi connectivity index (χ4n) is 5.71. The molecule has 3 aromatic rings. The molecule has 186 valence electrons. The van der Waals surface area contributed by atoms with Crippen LogP contribution in [0, 0.1) is 0 Å². The molecule has 0 spiro atoms. The zero-order valence-corrected chi connectivity index (χ0v) is 21.9. The van der Waals surface area contributed by atoms with E-state index in [1.165, 1.54) is 37.7 Å². The number of carbonyl (C=O) groups is 1. The first-order chi connectivity index (χ1) is 18.2. The van der Waals surface area contributed by atoms with E-state index < -0.39 is 0 Å². The Labute approximate surface area is 223 Å². The Kier molecular flexibility index (Phi) is 6.71. The van der Waals surface area contributed by atoms with Crippen LogP contribution >= 0.6 is 11.8 Å². The Hall–Kier alpha value is -3.57. The Morgan fingerprint density at radius 2 is 1.54 bits per heavy atom. The van der Waals surface area contributed by atoms with Gasteiger partial charge in [0.15, 0.2) is 5.17 Å². The number of nitrogens with one attached hydrogen (secondary N) is 1. The zero-order chi connectivity index (χ0) is 25.2. The van der Waals surface area contributed by atoms with Gasteiger partial charge in [-0.1, -0.05) is 104 Å². The lowest BCUT2D eigenvalue weighted by Gasteiger charge is -2.37. The maximum Gasteiger partial charge on any atom is 0.255 e. The molecule has 1 atom stereocenters. The first-order valence-electron chi connectivity index (χ1n) is 13.2. The predicted molar refractivity (Wildman–Crippen MR) is 154 cm³/mol. The fraction of sp³-hybridized carbons (Fsp3) is 0.250. The van der Waals surface area contributed by atoms with Crippen LogP contribution in [0.2, 0.25) is 0 Å². The second-order valence-corrected chi connectivity index (χ2v) is 10.8. The number of fused-ring (bicyclic) bond motifs is 1. The van der Waals surface area contributed by atoms with Crippen molar-refractivity contribution in [2.24, 2.45) is 4.99 Å². The van der Waals surface area contributed by atoms with Crippen molar-refractivity contribution >= 4 is 34.2 Å². The summed E-state index contributed by atoms with van der Waals surface area (Å²) in [5.41, 5.74) is 6.96. The molecule has 1 amide bonds. The summed E-state index contributed by atoms with van der Waals surface area (Å²) < 4.78 is 0. The number of benzene rings is 3. The molecule has 6 rings (SSSR count). The molecule has 3 aliphatic rings. The van der Waals surface area contributed by atoms with Gasteiger partial charge in [0, 0.05) is 11.1 Å². The van der Waals surface area contributed by atoms with Gasteiger partial charge in [-0.2, -0.15) is 0 Å². The third kappa shape index (κ3) is 4.76. The number of amides is 1. The summed E-state index contributed by atoms with van der Waals surface area (Å²) in [5.74, 6) is 0.557. The molecular formula is C32H31N3OS. The van der Waals surface area contributed by atoms with E-state index >= 15 is 0 Å². The van der Waals surface area contributed by atoms with Gasteiger partial charge in [-0.3, -0.25) is 4.79 Å². The van der Waals surface area contributed by atoms with Gasteiger partial charge in [0.25, 0.3) is 5.91 Å². The maximum absolute atomic E-state index is 13.7.